The first kappa shape index (κ1) is 38.3. The van der Waals surface area contributed by atoms with Gasteiger partial charge in [-0.15, -0.1) is 5.06 Å². The van der Waals surface area contributed by atoms with Crippen LogP contribution < -0.4 is 9.64 Å². The van der Waals surface area contributed by atoms with Gasteiger partial charge in [0.25, 0.3) is 0 Å². The van der Waals surface area contributed by atoms with Gasteiger partial charge in [0.05, 0.1) is 53.1 Å². The third-order valence-electron chi connectivity index (χ3n) is 10.7. The average molecular weight is 747 g/mol. The van der Waals surface area contributed by atoms with Crippen molar-refractivity contribution in [3.8, 4) is 22.7 Å². The van der Waals surface area contributed by atoms with Crippen molar-refractivity contribution in [2.45, 2.75) is 77.9 Å². The summed E-state index contributed by atoms with van der Waals surface area (Å²) in [6.07, 6.45) is 2.76. The van der Waals surface area contributed by atoms with Crippen LogP contribution in [0, 0.1) is 6.92 Å². The number of hydroxylamine groups is 2. The van der Waals surface area contributed by atoms with Gasteiger partial charge in [0.15, 0.2) is 5.78 Å². The van der Waals surface area contributed by atoms with Crippen LogP contribution in [0.25, 0.3) is 16.9 Å². The highest BCUT2D eigenvalue weighted by Gasteiger charge is 2.45. The predicted molar refractivity (Wildman–Crippen MR) is 222 cm³/mol. The van der Waals surface area contributed by atoms with Crippen LogP contribution in [0.2, 0.25) is 0 Å². The SMILES string of the molecule is COc1ccc(C(=O)c2c(Cc3ccccc3)nn(-c3ccccc3)c2-c2cc(C)ccc2N(Cc2ccccc2)C(=O)ON2C(C)(C)CCCC2(C)C)cc1. The second-order valence-electron chi connectivity index (χ2n) is 15.9. The van der Waals surface area contributed by atoms with Gasteiger partial charge in [-0.3, -0.25) is 9.69 Å². The smallest absolute Gasteiger partial charge is 0.433 e. The van der Waals surface area contributed by atoms with Gasteiger partial charge in [-0.05, 0) is 114 Å². The summed E-state index contributed by atoms with van der Waals surface area (Å²) >= 11 is 0. The van der Waals surface area contributed by atoms with Gasteiger partial charge in [-0.25, -0.2) is 9.48 Å². The van der Waals surface area contributed by atoms with E-state index < -0.39 is 6.09 Å². The highest BCUT2D eigenvalue weighted by Crippen LogP contribution is 2.42. The Kier molecular flexibility index (Phi) is 10.9. The molecule has 1 saturated heterocycles. The van der Waals surface area contributed by atoms with Gasteiger partial charge in [0.1, 0.15) is 5.75 Å². The van der Waals surface area contributed by atoms with Gasteiger partial charge >= 0.3 is 6.09 Å². The molecule has 1 aromatic heterocycles. The third-order valence-corrected chi connectivity index (χ3v) is 10.7. The standard InChI is InChI=1S/C48H50N4O4/c1-34-23-28-42(50(33-36-19-12-8-13-20-36)46(54)56-52-47(2,3)29-16-30-48(52,4)5)40(31-34)44-43(45(53)37-24-26-39(55-6)27-25-37)41(32-35-17-10-7-11-18-35)49-51(44)38-21-14-9-15-22-38/h7-15,17-28,31H,16,29-30,32-33H2,1-6H3. The quantitative estimate of drug-likeness (QED) is 0.123. The minimum atomic E-state index is -0.500. The summed E-state index contributed by atoms with van der Waals surface area (Å²) in [5, 5.41) is 7.14. The molecule has 1 aliphatic rings. The van der Waals surface area contributed by atoms with Gasteiger partial charge in [0, 0.05) is 17.5 Å². The van der Waals surface area contributed by atoms with Crippen LogP contribution in [-0.4, -0.2) is 44.9 Å². The fourth-order valence-corrected chi connectivity index (χ4v) is 7.95. The normalized spacial score (nSPS) is 14.9. The van der Waals surface area contributed by atoms with E-state index >= 15 is 4.79 Å². The zero-order valence-electron chi connectivity index (χ0n) is 33.2. The van der Waals surface area contributed by atoms with Crippen LogP contribution in [-0.2, 0) is 17.8 Å². The van der Waals surface area contributed by atoms with Crippen molar-refractivity contribution in [3.05, 3.63) is 167 Å². The Morgan fingerprint density at radius 3 is 1.95 bits per heavy atom. The van der Waals surface area contributed by atoms with E-state index in [2.05, 4.69) is 27.7 Å². The Labute approximate surface area is 330 Å². The van der Waals surface area contributed by atoms with Gasteiger partial charge in [-0.2, -0.15) is 5.10 Å². The summed E-state index contributed by atoms with van der Waals surface area (Å²) in [4.78, 5) is 38.2. The van der Waals surface area contributed by atoms with E-state index in [1.807, 2.05) is 126 Å². The van der Waals surface area contributed by atoms with E-state index in [1.165, 1.54) is 0 Å². The Hall–Kier alpha value is -5.99. The number of carbonyl (C=O) groups excluding carboxylic acids is 2. The molecule has 0 bridgehead atoms. The van der Waals surface area contributed by atoms with E-state index in [0.29, 0.717) is 45.9 Å². The molecule has 286 valence electrons. The summed E-state index contributed by atoms with van der Waals surface area (Å²) in [5.74, 6) is 0.472. The number of aryl methyl sites for hydroxylation is 1. The van der Waals surface area contributed by atoms with Crippen molar-refractivity contribution in [3.63, 3.8) is 0 Å². The molecule has 1 aliphatic heterocycles. The Morgan fingerprint density at radius 2 is 1.34 bits per heavy atom. The molecule has 0 spiro atoms. The molecule has 6 aromatic rings. The van der Waals surface area contributed by atoms with Crippen molar-refractivity contribution in [2.24, 2.45) is 0 Å². The van der Waals surface area contributed by atoms with Crippen molar-refractivity contribution in [1.29, 1.82) is 0 Å². The molecule has 1 amide bonds. The van der Waals surface area contributed by atoms with E-state index in [4.69, 9.17) is 14.7 Å². The van der Waals surface area contributed by atoms with Crippen LogP contribution in [0.15, 0.2) is 133 Å². The molecule has 2 heterocycles. The number of hydrogen-bond acceptors (Lipinski definition) is 6. The first-order valence-electron chi connectivity index (χ1n) is 19.3. The lowest BCUT2D eigenvalue weighted by Crippen LogP contribution is -2.59. The number of ether oxygens (including phenoxy) is 1. The fourth-order valence-electron chi connectivity index (χ4n) is 7.95. The number of para-hydroxylation sites is 1. The Balaban J connectivity index is 1.47. The molecule has 56 heavy (non-hydrogen) atoms. The number of methoxy groups -OCH3 is 1. The molecule has 8 nitrogen and oxygen atoms in total. The van der Waals surface area contributed by atoms with E-state index in [-0.39, 0.29) is 23.4 Å². The van der Waals surface area contributed by atoms with Gasteiger partial charge in [0.2, 0.25) is 0 Å². The highest BCUT2D eigenvalue weighted by atomic mass is 16.7. The number of carbonyl (C=O) groups is 2. The van der Waals surface area contributed by atoms with Crippen LogP contribution in [0.3, 0.4) is 0 Å². The molecule has 0 atom stereocenters. The molecule has 5 aromatic carbocycles. The molecule has 1 fully saturated rings. The molecular formula is C48H50N4O4. The molecule has 0 radical (unpaired) electrons. The molecule has 0 unspecified atom stereocenters. The fraction of sp³-hybridized carbons (Fsp3) is 0.271. The third kappa shape index (κ3) is 8.02. The molecule has 0 aliphatic carbocycles. The van der Waals surface area contributed by atoms with Crippen LogP contribution in [0.4, 0.5) is 10.5 Å². The molecule has 7 rings (SSSR count). The lowest BCUT2D eigenvalue weighted by atomic mass is 9.82. The summed E-state index contributed by atoms with van der Waals surface area (Å²) in [6, 6.07) is 43.0. The first-order chi connectivity index (χ1) is 26.9. The summed E-state index contributed by atoms with van der Waals surface area (Å²) in [7, 11) is 1.61. The average Bonchev–Trinajstić information content (AvgIpc) is 3.57. The van der Waals surface area contributed by atoms with Gasteiger partial charge in [-0.1, -0.05) is 90.5 Å². The number of rotatable bonds is 11. The zero-order chi connectivity index (χ0) is 39.5. The summed E-state index contributed by atoms with van der Waals surface area (Å²) in [5.41, 5.74) is 6.41. The number of amides is 1. The van der Waals surface area contributed by atoms with Crippen molar-refractivity contribution >= 4 is 17.6 Å². The topological polar surface area (TPSA) is 76.9 Å². The van der Waals surface area contributed by atoms with E-state index in [1.54, 1.807) is 36.3 Å². The maximum atomic E-state index is 15.1. The van der Waals surface area contributed by atoms with E-state index in [0.717, 1.165) is 41.6 Å². The minimum Gasteiger partial charge on any atom is -0.497 e. The lowest BCUT2D eigenvalue weighted by molar-refractivity contribution is -0.237. The Bertz CT molecular complexity index is 2280. The zero-order valence-corrected chi connectivity index (χ0v) is 33.2. The second-order valence-corrected chi connectivity index (χ2v) is 15.9. The van der Waals surface area contributed by atoms with E-state index in [9.17, 15) is 4.79 Å². The number of hydrogen-bond donors (Lipinski definition) is 0. The minimum absolute atomic E-state index is 0.183. The summed E-state index contributed by atoms with van der Waals surface area (Å²) < 4.78 is 7.30. The molecule has 0 N–H and O–H groups in total. The first-order valence-corrected chi connectivity index (χ1v) is 19.3. The van der Waals surface area contributed by atoms with Crippen LogP contribution >= 0.6 is 0 Å². The summed E-state index contributed by atoms with van der Waals surface area (Å²) in [6.45, 7) is 10.8. The van der Waals surface area contributed by atoms with Crippen LogP contribution in [0.5, 0.6) is 5.75 Å². The van der Waals surface area contributed by atoms with Crippen LogP contribution in [0.1, 0.15) is 85.3 Å². The molecular weight excluding hydrogens is 697 g/mol. The van der Waals surface area contributed by atoms with Crippen molar-refractivity contribution < 1.29 is 19.2 Å². The number of piperidine rings is 1. The highest BCUT2D eigenvalue weighted by molar-refractivity contribution is 6.14. The number of ketones is 1. The number of nitrogens with zero attached hydrogens (tertiary/aromatic N) is 4. The van der Waals surface area contributed by atoms with Crippen molar-refractivity contribution in [1.82, 2.24) is 14.8 Å². The van der Waals surface area contributed by atoms with Crippen molar-refractivity contribution in [2.75, 3.05) is 12.0 Å². The largest absolute Gasteiger partial charge is 0.497 e. The maximum absolute atomic E-state index is 15.1. The number of aromatic nitrogens is 2. The number of anilines is 1. The molecule has 0 saturated carbocycles. The molecule has 8 heteroatoms. The second kappa shape index (κ2) is 16.0. The Morgan fingerprint density at radius 1 is 0.750 bits per heavy atom. The lowest BCUT2D eigenvalue weighted by Gasteiger charge is -2.50. The van der Waals surface area contributed by atoms with Gasteiger partial charge < -0.3 is 9.57 Å². The predicted octanol–water partition coefficient (Wildman–Crippen LogP) is 10.8. The maximum Gasteiger partial charge on any atom is 0.433 e. The monoisotopic (exact) mass is 746 g/mol. The number of benzene rings is 5.